The summed E-state index contributed by atoms with van der Waals surface area (Å²) in [6.07, 6.45) is -2.40. The lowest BCUT2D eigenvalue weighted by Crippen LogP contribution is -2.53. The monoisotopic (exact) mass is 163 g/mol. The first-order valence-electron chi connectivity index (χ1n) is 3.53. The molecule has 5 N–H and O–H groups in total. The van der Waals surface area contributed by atoms with Crippen LogP contribution in [0.15, 0.2) is 0 Å². The third-order valence-electron chi connectivity index (χ3n) is 1.81. The van der Waals surface area contributed by atoms with Crippen molar-refractivity contribution in [1.82, 2.24) is 0 Å². The number of hydrogen-bond donors (Lipinski definition) is 4. The van der Waals surface area contributed by atoms with E-state index in [9.17, 15) is 5.11 Å². The summed E-state index contributed by atoms with van der Waals surface area (Å²) in [5.41, 5.74) is 5.43. The standard InChI is InChI=1S/C6H13NO4/c7-3-1-5(9)11-4(2-8)6(3)10/h3-6,8-10H,1-2,7H2/t3-,4-,5+,6+/m1/s1. The van der Waals surface area contributed by atoms with Crippen molar-refractivity contribution in [3.63, 3.8) is 0 Å². The van der Waals surface area contributed by atoms with Crippen molar-refractivity contribution in [1.29, 1.82) is 0 Å². The molecule has 66 valence electrons. The Morgan fingerprint density at radius 2 is 2.09 bits per heavy atom. The van der Waals surface area contributed by atoms with Crippen LogP contribution in [0.5, 0.6) is 0 Å². The van der Waals surface area contributed by atoms with Crippen LogP contribution in [-0.2, 0) is 4.74 Å². The van der Waals surface area contributed by atoms with Crippen LogP contribution < -0.4 is 5.73 Å². The molecule has 4 atom stereocenters. The molecule has 1 rings (SSSR count). The van der Waals surface area contributed by atoms with E-state index in [2.05, 4.69) is 0 Å². The molecular formula is C6H13NO4. The molecule has 0 saturated carbocycles. The molecule has 1 heterocycles. The van der Waals surface area contributed by atoms with Gasteiger partial charge in [-0.15, -0.1) is 0 Å². The first-order chi connectivity index (χ1) is 5.15. The van der Waals surface area contributed by atoms with Crippen LogP contribution >= 0.6 is 0 Å². The van der Waals surface area contributed by atoms with Crippen LogP contribution in [0, 0.1) is 0 Å². The summed E-state index contributed by atoms with van der Waals surface area (Å²) in [4.78, 5) is 0. The lowest BCUT2D eigenvalue weighted by molar-refractivity contribution is -0.213. The van der Waals surface area contributed by atoms with E-state index in [1.807, 2.05) is 0 Å². The maximum absolute atomic E-state index is 9.23. The molecule has 0 amide bonds. The lowest BCUT2D eigenvalue weighted by atomic mass is 10.0. The fourth-order valence-electron chi connectivity index (χ4n) is 1.14. The number of nitrogens with two attached hydrogens (primary N) is 1. The predicted molar refractivity (Wildman–Crippen MR) is 36.6 cm³/mol. The predicted octanol–water partition coefficient (Wildman–Crippen LogP) is -2.23. The third kappa shape index (κ3) is 1.88. The Kier molecular flexibility index (Phi) is 2.80. The van der Waals surface area contributed by atoms with Crippen LogP contribution in [0.1, 0.15) is 6.42 Å². The average molecular weight is 163 g/mol. The van der Waals surface area contributed by atoms with Crippen LogP contribution in [-0.4, -0.2) is 46.5 Å². The zero-order chi connectivity index (χ0) is 8.43. The maximum atomic E-state index is 9.23. The van der Waals surface area contributed by atoms with E-state index in [1.165, 1.54) is 0 Å². The van der Waals surface area contributed by atoms with Gasteiger partial charge >= 0.3 is 0 Å². The lowest BCUT2D eigenvalue weighted by Gasteiger charge is -2.34. The van der Waals surface area contributed by atoms with E-state index in [0.717, 1.165) is 0 Å². The molecule has 5 nitrogen and oxygen atoms in total. The molecule has 0 aromatic carbocycles. The normalized spacial score (nSPS) is 45.8. The molecule has 1 aliphatic rings. The first kappa shape index (κ1) is 8.89. The van der Waals surface area contributed by atoms with Gasteiger partial charge in [0.1, 0.15) is 6.10 Å². The highest BCUT2D eigenvalue weighted by molar-refractivity contribution is 4.84. The smallest absolute Gasteiger partial charge is 0.156 e. The Balaban J connectivity index is 2.51. The van der Waals surface area contributed by atoms with Gasteiger partial charge in [-0.3, -0.25) is 0 Å². The molecule has 11 heavy (non-hydrogen) atoms. The number of rotatable bonds is 1. The first-order valence-corrected chi connectivity index (χ1v) is 3.53. The second-order valence-corrected chi connectivity index (χ2v) is 2.70. The summed E-state index contributed by atoms with van der Waals surface area (Å²) in [5.74, 6) is 0. The number of ether oxygens (including phenoxy) is 1. The molecule has 1 aliphatic heterocycles. The van der Waals surface area contributed by atoms with Crippen molar-refractivity contribution in [2.75, 3.05) is 6.61 Å². The zero-order valence-electron chi connectivity index (χ0n) is 6.05. The van der Waals surface area contributed by atoms with Gasteiger partial charge in [0.05, 0.1) is 12.7 Å². The zero-order valence-corrected chi connectivity index (χ0v) is 6.05. The summed E-state index contributed by atoms with van der Waals surface area (Å²) in [6, 6.07) is -0.518. The molecule has 0 aliphatic carbocycles. The Hall–Kier alpha value is -0.200. The molecule has 0 bridgehead atoms. The summed E-state index contributed by atoms with van der Waals surface area (Å²) in [6.45, 7) is -0.327. The maximum Gasteiger partial charge on any atom is 0.156 e. The second-order valence-electron chi connectivity index (χ2n) is 2.70. The largest absolute Gasteiger partial charge is 0.394 e. The van der Waals surface area contributed by atoms with Crippen molar-refractivity contribution in [2.24, 2.45) is 5.73 Å². The minimum atomic E-state index is -0.967. The summed E-state index contributed by atoms with van der Waals surface area (Å²) in [5, 5.41) is 26.9. The SMILES string of the molecule is N[C@@H]1C[C@@H](O)O[C@H](CO)[C@H]1O. The molecular weight excluding hydrogens is 150 g/mol. The van der Waals surface area contributed by atoms with Gasteiger partial charge in [0, 0.05) is 12.5 Å². The van der Waals surface area contributed by atoms with Crippen molar-refractivity contribution < 1.29 is 20.1 Å². The molecule has 0 aromatic rings. The molecule has 0 radical (unpaired) electrons. The van der Waals surface area contributed by atoms with Gasteiger partial charge in [0.2, 0.25) is 0 Å². The van der Waals surface area contributed by atoms with Crippen LogP contribution in [0.2, 0.25) is 0 Å². The van der Waals surface area contributed by atoms with Crippen molar-refractivity contribution in [3.05, 3.63) is 0 Å². The number of hydrogen-bond acceptors (Lipinski definition) is 5. The van der Waals surface area contributed by atoms with E-state index >= 15 is 0 Å². The quantitative estimate of drug-likeness (QED) is 0.351. The van der Waals surface area contributed by atoms with E-state index in [1.54, 1.807) is 0 Å². The number of aliphatic hydroxyl groups is 3. The van der Waals surface area contributed by atoms with E-state index in [4.69, 9.17) is 20.7 Å². The summed E-state index contributed by atoms with van der Waals surface area (Å²) >= 11 is 0. The van der Waals surface area contributed by atoms with Gasteiger partial charge in [0.25, 0.3) is 0 Å². The molecule has 0 unspecified atom stereocenters. The van der Waals surface area contributed by atoms with Crippen molar-refractivity contribution in [2.45, 2.75) is 31.0 Å². The molecule has 1 saturated heterocycles. The summed E-state index contributed by atoms with van der Waals surface area (Å²) in [7, 11) is 0. The van der Waals surface area contributed by atoms with Crippen LogP contribution in [0.4, 0.5) is 0 Å². The second kappa shape index (κ2) is 3.46. The van der Waals surface area contributed by atoms with Crippen LogP contribution in [0.3, 0.4) is 0 Å². The van der Waals surface area contributed by atoms with E-state index < -0.39 is 24.5 Å². The van der Waals surface area contributed by atoms with Gasteiger partial charge in [-0.05, 0) is 0 Å². The Labute approximate surface area is 64.4 Å². The highest BCUT2D eigenvalue weighted by Gasteiger charge is 2.34. The molecule has 0 spiro atoms. The Morgan fingerprint density at radius 3 is 2.64 bits per heavy atom. The van der Waals surface area contributed by atoms with Crippen LogP contribution in [0.25, 0.3) is 0 Å². The Bertz CT molecular complexity index is 132. The fraction of sp³-hybridized carbons (Fsp3) is 1.00. The number of aliphatic hydroxyl groups excluding tert-OH is 3. The van der Waals surface area contributed by atoms with Crippen molar-refractivity contribution in [3.8, 4) is 0 Å². The molecule has 1 fully saturated rings. The van der Waals surface area contributed by atoms with Gasteiger partial charge in [-0.25, -0.2) is 0 Å². The van der Waals surface area contributed by atoms with Gasteiger partial charge < -0.3 is 25.8 Å². The average Bonchev–Trinajstić information content (AvgIpc) is 1.96. The minimum absolute atomic E-state index is 0.206. The highest BCUT2D eigenvalue weighted by Crippen LogP contribution is 2.16. The van der Waals surface area contributed by atoms with Gasteiger partial charge in [-0.2, -0.15) is 0 Å². The highest BCUT2D eigenvalue weighted by atomic mass is 16.6. The fourth-order valence-corrected chi connectivity index (χ4v) is 1.14. The van der Waals surface area contributed by atoms with Crippen molar-refractivity contribution >= 4 is 0 Å². The topological polar surface area (TPSA) is 95.9 Å². The summed E-state index contributed by atoms with van der Waals surface area (Å²) < 4.78 is 4.79. The molecule has 5 heteroatoms. The van der Waals surface area contributed by atoms with E-state index in [0.29, 0.717) is 0 Å². The molecule has 0 aromatic heterocycles. The third-order valence-corrected chi connectivity index (χ3v) is 1.81. The van der Waals surface area contributed by atoms with E-state index in [-0.39, 0.29) is 13.0 Å². The van der Waals surface area contributed by atoms with Gasteiger partial charge in [-0.1, -0.05) is 0 Å². The Morgan fingerprint density at radius 1 is 1.45 bits per heavy atom. The minimum Gasteiger partial charge on any atom is -0.394 e. The van der Waals surface area contributed by atoms with Gasteiger partial charge in [0.15, 0.2) is 6.29 Å².